The van der Waals surface area contributed by atoms with Crippen molar-refractivity contribution < 1.29 is 186 Å². The lowest BCUT2D eigenvalue weighted by atomic mass is 9.80. The maximum atomic E-state index is 13.4. The summed E-state index contributed by atoms with van der Waals surface area (Å²) in [6.45, 7) is -3.30. The van der Waals surface area contributed by atoms with Crippen LogP contribution in [0.3, 0.4) is 0 Å². The van der Waals surface area contributed by atoms with E-state index in [4.69, 9.17) is 71.6 Å². The maximum Gasteiger partial charge on any atom is 0.475 e. The number of aliphatic carboxylic acids is 1. The monoisotopic (exact) mass is 1510 g/mol. The predicted molar refractivity (Wildman–Crippen MR) is 322 cm³/mol. The quantitative estimate of drug-likeness (QED) is 0.0184. The van der Waals surface area contributed by atoms with E-state index >= 15 is 0 Å². The molecule has 0 saturated carbocycles. The maximum absolute atomic E-state index is 13.4. The molecule has 2 aromatic rings. The molecule has 6 aliphatic rings. The van der Waals surface area contributed by atoms with Crippen LogP contribution in [-0.2, 0) is 101 Å². The highest BCUT2D eigenvalue weighted by Gasteiger charge is 2.60. The molecule has 46 heteroatoms. The molecule has 6 saturated heterocycles. The van der Waals surface area contributed by atoms with Crippen LogP contribution < -0.4 is 27.4 Å². The van der Waals surface area contributed by atoms with Gasteiger partial charge < -0.3 is 165 Å². The lowest BCUT2D eigenvalue weighted by Crippen LogP contribution is -2.70. The Morgan fingerprint density at radius 1 is 0.699 bits per heavy atom. The van der Waals surface area contributed by atoms with Crippen LogP contribution in [0, 0.1) is 5.92 Å². The van der Waals surface area contributed by atoms with Gasteiger partial charge in [-0.05, 0) is 36.6 Å². The van der Waals surface area contributed by atoms with E-state index in [2.05, 4.69) is 20.9 Å². The molecule has 45 nitrogen and oxygen atoms in total. The fourth-order valence-corrected chi connectivity index (χ4v) is 13.2. The molecule has 0 bridgehead atoms. The predicted octanol–water partition coefficient (Wildman–Crippen LogP) is -11.9. The number of phosphoric ester groups is 1. The number of hydrogen-bond donors (Lipinski definition) is 21. The number of ether oxygens (including phenoxy) is 12. The normalized spacial score (nSPS) is 38.8. The molecule has 22 N–H and O–H groups in total. The number of nitrogens with zero attached hydrogens (tertiary/aromatic N) is 2. The number of nitrogens with two attached hydrogens (primary N) is 1. The summed E-state index contributed by atoms with van der Waals surface area (Å²) in [5.41, 5.74) is 5.00. The van der Waals surface area contributed by atoms with Gasteiger partial charge in [0.05, 0.1) is 45.2 Å². The average molecular weight is 1510 g/mol. The van der Waals surface area contributed by atoms with Crippen LogP contribution in [0.4, 0.5) is 5.82 Å². The highest BCUT2D eigenvalue weighted by atomic mass is 31.2. The van der Waals surface area contributed by atoms with Gasteiger partial charge in [0.1, 0.15) is 109 Å². The Kier molecular flexibility index (Phi) is 28.8. The molecule has 6 aliphatic heterocycles. The summed E-state index contributed by atoms with van der Waals surface area (Å²) in [5, 5.41) is 180. The Morgan fingerprint density at radius 3 is 1.81 bits per heavy atom. The molecule has 0 spiro atoms. The van der Waals surface area contributed by atoms with E-state index in [9.17, 15) is 125 Å². The van der Waals surface area contributed by atoms with Crippen molar-refractivity contribution in [3.05, 3.63) is 58.1 Å². The third-order valence-electron chi connectivity index (χ3n) is 17.5. The number of carboxylic acid groups (broad SMARTS) is 1. The number of carbonyl (C=O) groups excluding carboxylic acids is 5. The molecule has 0 radical (unpaired) electrons. The molecule has 1 aromatic heterocycles. The molecule has 580 valence electrons. The first kappa shape index (κ1) is 82.5. The van der Waals surface area contributed by atoms with Crippen LogP contribution >= 0.6 is 7.82 Å². The summed E-state index contributed by atoms with van der Waals surface area (Å²) < 4.78 is 90.7. The van der Waals surface area contributed by atoms with E-state index in [-0.39, 0.29) is 43.7 Å². The number of aryl methyl sites for hydroxylation is 1. The largest absolute Gasteiger partial charge is 0.477 e. The third-order valence-corrected chi connectivity index (χ3v) is 18.5. The lowest BCUT2D eigenvalue weighted by Gasteiger charge is -2.49. The van der Waals surface area contributed by atoms with Crippen molar-refractivity contribution in [1.82, 2.24) is 25.5 Å². The second-order valence-corrected chi connectivity index (χ2v) is 25.9. The van der Waals surface area contributed by atoms with Gasteiger partial charge in [0.2, 0.25) is 24.4 Å². The summed E-state index contributed by atoms with van der Waals surface area (Å²) in [4.78, 5) is 101. The molecule has 3 amide bonds. The summed E-state index contributed by atoms with van der Waals surface area (Å²) in [7, 11) is -5.68. The van der Waals surface area contributed by atoms with E-state index in [0.29, 0.717) is 5.56 Å². The number of anilines is 1. The van der Waals surface area contributed by atoms with Crippen LogP contribution in [0.15, 0.2) is 41.3 Å². The number of aliphatic hydroxyl groups excluding tert-OH is 15. The summed E-state index contributed by atoms with van der Waals surface area (Å²) in [6, 6.07) is 3.39. The average Bonchev–Trinajstić information content (AvgIpc) is 1.34. The molecule has 6 fully saturated rings. The third kappa shape index (κ3) is 19.3. The van der Waals surface area contributed by atoms with Crippen LogP contribution in [0.1, 0.15) is 48.8 Å². The number of amides is 3. The number of benzene rings is 1. The van der Waals surface area contributed by atoms with Crippen molar-refractivity contribution >= 4 is 50.3 Å². The Balaban J connectivity index is 0.838. The van der Waals surface area contributed by atoms with Gasteiger partial charge in [0.15, 0.2) is 43.6 Å². The number of nitrogens with one attached hydrogen (secondary N) is 3. The molecule has 8 rings (SSSR count). The molecular formula is C57H83N6O39P. The topological polar surface area (TPSA) is 690 Å². The molecule has 1 aromatic carbocycles. The van der Waals surface area contributed by atoms with Crippen LogP contribution in [0.25, 0.3) is 0 Å². The fraction of sp³-hybridized carbons (Fsp3) is 0.719. The zero-order chi connectivity index (χ0) is 75.7. The zero-order valence-electron chi connectivity index (χ0n) is 54.2. The first-order chi connectivity index (χ1) is 48.7. The van der Waals surface area contributed by atoms with Crippen molar-refractivity contribution in [3.63, 3.8) is 0 Å². The van der Waals surface area contributed by atoms with Gasteiger partial charge in [-0.1, -0.05) is 12.1 Å². The SMILES string of the molecule is CC(=O)N[C@H]1C(O)[C@H](O)C(CO)O[C@@H]1O[C@@H]1C(OC=O)O[C@@H](O[C@@H]2C(CO)O[C@H](O[C@@H]3C(OC=O)O[C@@H](OCCNC(=O)c4ccc(CC[C@H]5C([C@H](O)[C@H](O)CO)O[C@](OP(=O)(O)OC[C@H]6O[C@@H](n7ccc(N)nc7=O)C(O)[C@H]6O)(C(=O)O)C[C@H]5O)cc4)[C@@H](O)C3O)[C@@H](NC(C)=O)C2O)[C@@H](O)C1O. The Bertz CT molecular complexity index is 3280. The molecule has 7 heterocycles. The first-order valence-corrected chi connectivity index (χ1v) is 33.1. The van der Waals surface area contributed by atoms with E-state index in [0.717, 1.165) is 24.6 Å². The van der Waals surface area contributed by atoms with Crippen molar-refractivity contribution in [1.29, 1.82) is 0 Å². The Hall–Kier alpha value is -6.17. The number of carbonyl (C=O) groups is 6. The summed E-state index contributed by atoms with van der Waals surface area (Å²) in [5.74, 6) is -9.28. The van der Waals surface area contributed by atoms with Crippen molar-refractivity contribution in [2.24, 2.45) is 5.92 Å². The van der Waals surface area contributed by atoms with Crippen molar-refractivity contribution in [2.75, 3.05) is 45.3 Å². The number of aliphatic hydroxyl groups is 15. The van der Waals surface area contributed by atoms with Gasteiger partial charge >= 0.3 is 19.5 Å². The summed E-state index contributed by atoms with van der Waals surface area (Å²) in [6.07, 6.45) is -50.7. The van der Waals surface area contributed by atoms with Crippen LogP contribution in [0.2, 0.25) is 0 Å². The first-order valence-electron chi connectivity index (χ1n) is 31.6. The number of rotatable bonds is 32. The van der Waals surface area contributed by atoms with Crippen LogP contribution in [-0.4, -0.2) is 344 Å². The van der Waals surface area contributed by atoms with E-state index in [1.165, 1.54) is 30.3 Å². The highest BCUT2D eigenvalue weighted by Crippen LogP contribution is 2.52. The number of nitrogen functional groups attached to an aromatic ring is 1. The van der Waals surface area contributed by atoms with E-state index < -0.39 is 260 Å². The van der Waals surface area contributed by atoms with Gasteiger partial charge in [0.25, 0.3) is 24.6 Å². The highest BCUT2D eigenvalue weighted by molar-refractivity contribution is 7.47. The van der Waals surface area contributed by atoms with E-state index in [1.54, 1.807) is 0 Å². The minimum absolute atomic E-state index is 0.0206. The van der Waals surface area contributed by atoms with Gasteiger partial charge in [-0.25, -0.2) is 18.7 Å². The minimum Gasteiger partial charge on any atom is -0.477 e. The molecule has 11 unspecified atom stereocenters. The number of carboxylic acids is 1. The number of aromatic nitrogens is 2. The number of phosphoric acid groups is 1. The smallest absolute Gasteiger partial charge is 0.475 e. The molecule has 103 heavy (non-hydrogen) atoms. The van der Waals surface area contributed by atoms with Crippen LogP contribution in [0.5, 0.6) is 0 Å². The number of hydrogen-bond acceptors (Lipinski definition) is 39. The molecule has 0 aliphatic carbocycles. The molecular weight excluding hydrogens is 1420 g/mol. The van der Waals surface area contributed by atoms with Gasteiger partial charge in [0, 0.05) is 44.5 Å². The second-order valence-electron chi connectivity index (χ2n) is 24.5. The molecule has 31 atom stereocenters. The van der Waals surface area contributed by atoms with Gasteiger partial charge in [-0.3, -0.25) is 33.1 Å². The lowest BCUT2D eigenvalue weighted by molar-refractivity contribution is -0.398. The van der Waals surface area contributed by atoms with Crippen molar-refractivity contribution in [2.45, 2.75) is 211 Å². The van der Waals surface area contributed by atoms with Gasteiger partial charge in [-0.15, -0.1) is 0 Å². The van der Waals surface area contributed by atoms with Gasteiger partial charge in [-0.2, -0.15) is 4.98 Å². The standard InChI is InChI=1S/C57H83N6O39P/c1-20(69)60-31-36(76)34(74)27(15-65)94-49(31)97-46-39(79)42(82)52(100-54(46)91-19-68)96-44-28(16-66)95-50(32(37(44)77)61-21(2)70)98-45-38(78)41(81)51(99-53(45)90-18-67)89-12-10-59-47(83)23-6-3-22(4-7-23)5-8-24-25(71)13-57(55(84)85,101-43(24)33(73)26(72)14-64)102-103(87,88)92-17-29-35(75)40(80)48(93-29)63-11-9-30(58)62-56(63)86/h3-4,6-7,9,11,18-19,24-29,31-46,48-54,64-66,71-82H,5,8,10,12-17H2,1-2H3,(H,59,83)(H,60,69)(H,61,70)(H,84,85)(H,87,88)(H2,58,62,86)/t24-,25-,26-,27?,28?,29-,31+,32+,33-,34-,35+,36?,37?,38?,39?,40?,41+,42+,43?,44-,45+,46+,48-,49-,50-,51-,52-,53?,54?,57-/m1/s1. The Morgan fingerprint density at radius 2 is 1.25 bits per heavy atom. The fourth-order valence-electron chi connectivity index (χ4n) is 12.2. The minimum atomic E-state index is -5.68. The zero-order valence-corrected chi connectivity index (χ0v) is 55.1. The van der Waals surface area contributed by atoms with Crippen molar-refractivity contribution in [3.8, 4) is 0 Å². The Labute approximate surface area is 580 Å². The summed E-state index contributed by atoms with van der Waals surface area (Å²) >= 11 is 0. The van der Waals surface area contributed by atoms with E-state index in [1.807, 2.05) is 0 Å². The second kappa shape index (κ2) is 35.9.